The number of carbonyl (C=O) groups excluding carboxylic acids is 1. The molecule has 1 aliphatic rings. The van der Waals surface area contributed by atoms with E-state index in [1.165, 1.54) is 12.1 Å². The lowest BCUT2D eigenvalue weighted by molar-refractivity contribution is -0.169. The number of esters is 1. The minimum absolute atomic E-state index is 0.220. The molecule has 1 aromatic carbocycles. The van der Waals surface area contributed by atoms with Crippen LogP contribution in [0.1, 0.15) is 24.3 Å². The van der Waals surface area contributed by atoms with Gasteiger partial charge < -0.3 is 10.5 Å². The molecule has 0 amide bonds. The number of nitrogens with two attached hydrogens (primary N) is 1. The van der Waals surface area contributed by atoms with Crippen LogP contribution >= 0.6 is 0 Å². The Hall–Kier alpha value is -1.56. The van der Waals surface area contributed by atoms with Crippen molar-refractivity contribution in [1.82, 2.24) is 0 Å². The van der Waals surface area contributed by atoms with Crippen molar-refractivity contribution in [3.05, 3.63) is 35.9 Å². The van der Waals surface area contributed by atoms with E-state index >= 15 is 0 Å². The van der Waals surface area contributed by atoms with E-state index in [0.717, 1.165) is 0 Å². The first-order valence-corrected chi connectivity index (χ1v) is 5.97. The first kappa shape index (κ1) is 13.9. The highest BCUT2D eigenvalue weighted by Crippen LogP contribution is 2.33. The van der Waals surface area contributed by atoms with E-state index in [2.05, 4.69) is 0 Å². The Morgan fingerprint density at radius 2 is 1.84 bits per heavy atom. The number of rotatable bonds is 4. The van der Waals surface area contributed by atoms with Crippen molar-refractivity contribution in [2.75, 3.05) is 0 Å². The molecule has 0 saturated heterocycles. The van der Waals surface area contributed by atoms with Crippen molar-refractivity contribution < 1.29 is 22.7 Å². The molecule has 3 nitrogen and oxygen atoms in total. The van der Waals surface area contributed by atoms with E-state index in [4.69, 9.17) is 10.5 Å². The molecule has 0 spiro atoms. The first-order chi connectivity index (χ1) is 8.89. The van der Waals surface area contributed by atoms with Crippen LogP contribution in [0.4, 0.5) is 13.2 Å². The highest BCUT2D eigenvalue weighted by Gasteiger charge is 2.47. The lowest BCUT2D eigenvalue weighted by Crippen LogP contribution is -2.46. The van der Waals surface area contributed by atoms with Crippen LogP contribution in [0, 0.1) is 0 Å². The zero-order valence-corrected chi connectivity index (χ0v) is 10.1. The monoisotopic (exact) mass is 273 g/mol. The summed E-state index contributed by atoms with van der Waals surface area (Å²) in [4.78, 5) is 11.9. The van der Waals surface area contributed by atoms with Crippen molar-refractivity contribution in [3.63, 3.8) is 0 Å². The lowest BCUT2D eigenvalue weighted by atomic mass is 9.91. The third-order valence-corrected chi connectivity index (χ3v) is 2.96. The minimum atomic E-state index is -4.65. The zero-order chi connectivity index (χ0) is 14.0. The van der Waals surface area contributed by atoms with Crippen LogP contribution in [-0.2, 0) is 9.53 Å². The lowest BCUT2D eigenvalue weighted by Gasteiger charge is -2.24. The predicted molar refractivity (Wildman–Crippen MR) is 62.3 cm³/mol. The molecule has 0 aliphatic heterocycles. The third-order valence-electron chi connectivity index (χ3n) is 2.96. The Labute approximate surface area is 108 Å². The Balaban J connectivity index is 2.24. The van der Waals surface area contributed by atoms with Gasteiger partial charge in [0.15, 0.2) is 0 Å². The molecule has 1 saturated carbocycles. The average molecular weight is 273 g/mol. The molecule has 0 unspecified atom stereocenters. The Morgan fingerprint density at radius 1 is 1.26 bits per heavy atom. The highest BCUT2D eigenvalue weighted by atomic mass is 19.4. The summed E-state index contributed by atoms with van der Waals surface area (Å²) >= 11 is 0. The van der Waals surface area contributed by atoms with Gasteiger partial charge in [0.2, 0.25) is 0 Å². The smallest absolute Gasteiger partial charge is 0.404 e. The van der Waals surface area contributed by atoms with Gasteiger partial charge in [-0.25, -0.2) is 0 Å². The van der Waals surface area contributed by atoms with E-state index in [0.29, 0.717) is 12.8 Å². The molecule has 19 heavy (non-hydrogen) atoms. The van der Waals surface area contributed by atoms with Crippen LogP contribution in [0.5, 0.6) is 0 Å². The molecule has 1 aromatic rings. The van der Waals surface area contributed by atoms with Crippen molar-refractivity contribution in [1.29, 1.82) is 0 Å². The van der Waals surface area contributed by atoms with Gasteiger partial charge in [-0.3, -0.25) is 4.79 Å². The standard InChI is InChI=1S/C13H14F3NO2/c14-13(15,16)11(17)10(8-4-2-1-3-5-8)12(18)19-9-6-7-9/h1-5,9-11H,6-7,17H2/t10-,11-/m1/s1. The third kappa shape index (κ3) is 3.47. The maximum Gasteiger partial charge on any atom is 0.404 e. The van der Waals surface area contributed by atoms with Gasteiger partial charge in [-0.05, 0) is 18.4 Å². The normalized spacial score (nSPS) is 18.7. The summed E-state index contributed by atoms with van der Waals surface area (Å²) in [5.41, 5.74) is 5.42. The van der Waals surface area contributed by atoms with Gasteiger partial charge in [-0.15, -0.1) is 0 Å². The van der Waals surface area contributed by atoms with Crippen LogP contribution in [0.25, 0.3) is 0 Å². The number of alkyl halides is 3. The molecule has 1 fully saturated rings. The van der Waals surface area contributed by atoms with Crippen molar-refractivity contribution >= 4 is 5.97 Å². The Bertz CT molecular complexity index is 443. The second kappa shape index (κ2) is 5.21. The molecule has 2 rings (SSSR count). The van der Waals surface area contributed by atoms with Crippen LogP contribution in [0.15, 0.2) is 30.3 Å². The first-order valence-electron chi connectivity index (χ1n) is 5.97. The average Bonchev–Trinajstić information content (AvgIpc) is 3.13. The summed E-state index contributed by atoms with van der Waals surface area (Å²) in [6.45, 7) is 0. The summed E-state index contributed by atoms with van der Waals surface area (Å²) in [7, 11) is 0. The van der Waals surface area contributed by atoms with Gasteiger partial charge in [0.05, 0.1) is 0 Å². The largest absolute Gasteiger partial charge is 0.462 e. The number of hydrogen-bond acceptors (Lipinski definition) is 3. The summed E-state index contributed by atoms with van der Waals surface area (Å²) in [6, 6.07) is 5.42. The molecule has 0 radical (unpaired) electrons. The van der Waals surface area contributed by atoms with Crippen LogP contribution in [-0.4, -0.2) is 24.3 Å². The Kier molecular flexibility index (Phi) is 3.80. The topological polar surface area (TPSA) is 52.3 Å². The molecule has 2 atom stereocenters. The van der Waals surface area contributed by atoms with E-state index in [9.17, 15) is 18.0 Å². The molecule has 0 bridgehead atoms. The number of halogens is 3. The summed E-state index contributed by atoms with van der Waals surface area (Å²) in [5, 5.41) is 0. The van der Waals surface area contributed by atoms with E-state index in [-0.39, 0.29) is 11.7 Å². The number of ether oxygens (including phenoxy) is 1. The molecular formula is C13H14F3NO2. The van der Waals surface area contributed by atoms with Gasteiger partial charge in [0, 0.05) is 0 Å². The minimum Gasteiger partial charge on any atom is -0.462 e. The fourth-order valence-electron chi connectivity index (χ4n) is 1.76. The number of hydrogen-bond donors (Lipinski definition) is 1. The van der Waals surface area contributed by atoms with Crippen molar-refractivity contribution in [3.8, 4) is 0 Å². The Morgan fingerprint density at radius 3 is 2.32 bits per heavy atom. The van der Waals surface area contributed by atoms with E-state index in [1.807, 2.05) is 0 Å². The van der Waals surface area contributed by atoms with Crippen LogP contribution in [0.2, 0.25) is 0 Å². The SMILES string of the molecule is N[C@H]([C@H](C(=O)OC1CC1)c1ccccc1)C(F)(F)F. The van der Waals surface area contributed by atoms with Crippen molar-refractivity contribution in [2.24, 2.45) is 5.73 Å². The van der Waals surface area contributed by atoms with E-state index in [1.54, 1.807) is 18.2 Å². The van der Waals surface area contributed by atoms with Crippen LogP contribution in [0.3, 0.4) is 0 Å². The second-order valence-corrected chi connectivity index (χ2v) is 4.59. The molecule has 1 aliphatic carbocycles. The molecule has 6 heteroatoms. The highest BCUT2D eigenvalue weighted by molar-refractivity contribution is 5.79. The maximum atomic E-state index is 12.8. The summed E-state index contributed by atoms with van der Waals surface area (Å²) < 4.78 is 43.3. The zero-order valence-electron chi connectivity index (χ0n) is 10.1. The van der Waals surface area contributed by atoms with E-state index < -0.39 is 24.1 Å². The van der Waals surface area contributed by atoms with Gasteiger partial charge in [-0.2, -0.15) is 13.2 Å². The number of benzene rings is 1. The van der Waals surface area contributed by atoms with Crippen LogP contribution < -0.4 is 5.73 Å². The van der Waals surface area contributed by atoms with Gasteiger partial charge in [-0.1, -0.05) is 30.3 Å². The van der Waals surface area contributed by atoms with Gasteiger partial charge >= 0.3 is 12.1 Å². The molecule has 0 aromatic heterocycles. The summed E-state index contributed by atoms with van der Waals surface area (Å²) in [5.74, 6) is -2.42. The molecule has 104 valence electrons. The predicted octanol–water partition coefficient (Wildman–Crippen LogP) is 2.37. The summed E-state index contributed by atoms with van der Waals surface area (Å²) in [6.07, 6.45) is -3.49. The fraction of sp³-hybridized carbons (Fsp3) is 0.462. The van der Waals surface area contributed by atoms with Crippen molar-refractivity contribution in [2.45, 2.75) is 37.1 Å². The van der Waals surface area contributed by atoms with Gasteiger partial charge in [0.1, 0.15) is 18.1 Å². The van der Waals surface area contributed by atoms with Gasteiger partial charge in [0.25, 0.3) is 0 Å². The quantitative estimate of drug-likeness (QED) is 0.857. The molecule has 2 N–H and O–H groups in total. The molecule has 0 heterocycles. The fourth-order valence-corrected chi connectivity index (χ4v) is 1.76. The second-order valence-electron chi connectivity index (χ2n) is 4.59. The molecular weight excluding hydrogens is 259 g/mol. The number of carbonyl (C=O) groups is 1. The maximum absolute atomic E-state index is 12.8.